The SMILES string of the molecule is O=C(Nc1ncc([N+](=O)[O-])s1)c1c(F)cc(Br)cc1F. The van der Waals surface area contributed by atoms with Crippen molar-refractivity contribution in [1.29, 1.82) is 0 Å². The van der Waals surface area contributed by atoms with Gasteiger partial charge in [-0.3, -0.25) is 20.2 Å². The molecular formula is C10H4BrF2N3O3S. The van der Waals surface area contributed by atoms with Crippen molar-refractivity contribution in [3.63, 3.8) is 0 Å². The van der Waals surface area contributed by atoms with Crippen LogP contribution in [0.15, 0.2) is 22.8 Å². The lowest BCUT2D eigenvalue weighted by molar-refractivity contribution is -0.380. The van der Waals surface area contributed by atoms with E-state index < -0.39 is 28.0 Å². The van der Waals surface area contributed by atoms with E-state index in [1.165, 1.54) is 0 Å². The highest BCUT2D eigenvalue weighted by atomic mass is 79.9. The number of carbonyl (C=O) groups is 1. The van der Waals surface area contributed by atoms with Gasteiger partial charge in [-0.25, -0.2) is 13.8 Å². The number of halogens is 3. The van der Waals surface area contributed by atoms with Gasteiger partial charge in [-0.15, -0.1) is 0 Å². The minimum absolute atomic E-state index is 0.122. The number of rotatable bonds is 3. The average Bonchev–Trinajstić information content (AvgIpc) is 2.75. The van der Waals surface area contributed by atoms with E-state index >= 15 is 0 Å². The van der Waals surface area contributed by atoms with Gasteiger partial charge in [0.2, 0.25) is 0 Å². The standard InChI is InChI=1S/C10H4BrF2N3O3S/c11-4-1-5(12)8(6(13)2-4)9(17)15-10-14-3-7(20-10)16(18)19/h1-3H,(H,14,15,17). The molecule has 0 spiro atoms. The number of hydrogen-bond acceptors (Lipinski definition) is 5. The second-order valence-electron chi connectivity index (χ2n) is 3.46. The molecule has 0 fully saturated rings. The fraction of sp³-hybridized carbons (Fsp3) is 0. The summed E-state index contributed by atoms with van der Waals surface area (Å²) in [5.74, 6) is -3.18. The molecule has 0 aliphatic rings. The topological polar surface area (TPSA) is 85.1 Å². The Kier molecular flexibility index (Phi) is 4.04. The van der Waals surface area contributed by atoms with Gasteiger partial charge in [0.15, 0.2) is 5.13 Å². The van der Waals surface area contributed by atoms with Crippen LogP contribution in [0.2, 0.25) is 0 Å². The molecule has 20 heavy (non-hydrogen) atoms. The van der Waals surface area contributed by atoms with E-state index in [4.69, 9.17) is 0 Å². The zero-order valence-corrected chi connectivity index (χ0v) is 11.8. The van der Waals surface area contributed by atoms with Gasteiger partial charge in [0.1, 0.15) is 23.4 Å². The van der Waals surface area contributed by atoms with E-state index in [9.17, 15) is 23.7 Å². The minimum atomic E-state index is -1.07. The number of nitrogens with zero attached hydrogens (tertiary/aromatic N) is 2. The van der Waals surface area contributed by atoms with Crippen LogP contribution in [-0.2, 0) is 0 Å². The van der Waals surface area contributed by atoms with E-state index in [-0.39, 0.29) is 14.6 Å². The summed E-state index contributed by atoms with van der Waals surface area (Å²) in [4.78, 5) is 25.1. The van der Waals surface area contributed by atoms with Crippen LogP contribution in [0.25, 0.3) is 0 Å². The molecule has 0 saturated carbocycles. The van der Waals surface area contributed by atoms with Crippen LogP contribution in [0.3, 0.4) is 0 Å². The molecule has 6 nitrogen and oxygen atoms in total. The number of nitrogens with one attached hydrogen (secondary N) is 1. The zero-order chi connectivity index (χ0) is 14.9. The summed E-state index contributed by atoms with van der Waals surface area (Å²) >= 11 is 3.47. The zero-order valence-electron chi connectivity index (χ0n) is 9.39. The van der Waals surface area contributed by atoms with E-state index in [0.29, 0.717) is 11.3 Å². The molecule has 0 radical (unpaired) electrons. The molecule has 1 amide bonds. The lowest BCUT2D eigenvalue weighted by Crippen LogP contribution is -2.15. The first-order valence-electron chi connectivity index (χ1n) is 4.94. The van der Waals surface area contributed by atoms with Gasteiger partial charge in [-0.1, -0.05) is 15.9 Å². The van der Waals surface area contributed by atoms with Gasteiger partial charge < -0.3 is 0 Å². The van der Waals surface area contributed by atoms with Crippen molar-refractivity contribution >= 4 is 43.3 Å². The predicted molar refractivity (Wildman–Crippen MR) is 70.8 cm³/mol. The quantitative estimate of drug-likeness (QED) is 0.669. The van der Waals surface area contributed by atoms with Gasteiger partial charge in [-0.2, -0.15) is 0 Å². The lowest BCUT2D eigenvalue weighted by atomic mass is 10.2. The first kappa shape index (κ1) is 14.5. The van der Waals surface area contributed by atoms with Gasteiger partial charge >= 0.3 is 5.00 Å². The number of aromatic nitrogens is 1. The van der Waals surface area contributed by atoms with Crippen LogP contribution in [-0.4, -0.2) is 15.8 Å². The van der Waals surface area contributed by atoms with Crippen molar-refractivity contribution in [1.82, 2.24) is 4.98 Å². The maximum atomic E-state index is 13.5. The van der Waals surface area contributed by atoms with Crippen molar-refractivity contribution < 1.29 is 18.5 Å². The van der Waals surface area contributed by atoms with E-state index in [1.807, 2.05) is 0 Å². The molecule has 0 saturated heterocycles. The number of carbonyl (C=O) groups excluding carboxylic acids is 1. The summed E-state index contributed by atoms with van der Waals surface area (Å²) in [6.45, 7) is 0. The highest BCUT2D eigenvalue weighted by molar-refractivity contribution is 9.10. The fourth-order valence-corrected chi connectivity index (χ4v) is 2.36. The summed E-state index contributed by atoms with van der Waals surface area (Å²) in [5.41, 5.74) is -0.786. The van der Waals surface area contributed by atoms with Crippen molar-refractivity contribution in [3.8, 4) is 0 Å². The monoisotopic (exact) mass is 363 g/mol. The molecule has 2 aromatic rings. The Morgan fingerprint density at radius 3 is 2.50 bits per heavy atom. The highest BCUT2D eigenvalue weighted by Gasteiger charge is 2.20. The molecule has 0 bridgehead atoms. The Morgan fingerprint density at radius 2 is 2.00 bits per heavy atom. The molecular weight excluding hydrogens is 360 g/mol. The molecule has 0 aliphatic heterocycles. The Bertz CT molecular complexity index is 684. The van der Waals surface area contributed by atoms with E-state index in [1.54, 1.807) is 0 Å². The van der Waals surface area contributed by atoms with Crippen LogP contribution in [0, 0.1) is 21.7 Å². The predicted octanol–water partition coefficient (Wildman–Crippen LogP) is 3.34. The number of thiazole rings is 1. The molecule has 1 heterocycles. The molecule has 0 atom stereocenters. The molecule has 1 aromatic heterocycles. The molecule has 2 rings (SSSR count). The first-order chi connectivity index (χ1) is 9.38. The maximum absolute atomic E-state index is 13.5. The summed E-state index contributed by atoms with van der Waals surface area (Å²) < 4.78 is 27.2. The second kappa shape index (κ2) is 5.59. The van der Waals surface area contributed by atoms with Crippen LogP contribution < -0.4 is 5.32 Å². The third-order valence-corrected chi connectivity index (χ3v) is 3.45. The molecule has 1 aromatic carbocycles. The van der Waals surface area contributed by atoms with Gasteiger partial charge in [0.25, 0.3) is 5.91 Å². The number of benzene rings is 1. The molecule has 10 heteroatoms. The molecule has 104 valence electrons. The molecule has 1 N–H and O–H groups in total. The van der Waals surface area contributed by atoms with Gasteiger partial charge in [0, 0.05) is 4.47 Å². The third-order valence-electron chi connectivity index (χ3n) is 2.13. The number of anilines is 1. The summed E-state index contributed by atoms with van der Waals surface area (Å²) in [6.07, 6.45) is 0.939. The Labute approximate surface area is 122 Å². The first-order valence-corrected chi connectivity index (χ1v) is 6.55. The Morgan fingerprint density at radius 1 is 1.40 bits per heavy atom. The van der Waals surface area contributed by atoms with Gasteiger partial charge in [0.05, 0.1) is 4.92 Å². The minimum Gasteiger partial charge on any atom is -0.297 e. The van der Waals surface area contributed by atoms with Crippen molar-refractivity contribution in [2.45, 2.75) is 0 Å². The van der Waals surface area contributed by atoms with Crippen LogP contribution in [0.4, 0.5) is 18.9 Å². The number of nitro groups is 1. The van der Waals surface area contributed by atoms with Crippen LogP contribution in [0.1, 0.15) is 10.4 Å². The lowest BCUT2D eigenvalue weighted by Gasteiger charge is -2.05. The Hall–Kier alpha value is -1.94. The van der Waals surface area contributed by atoms with E-state index in [2.05, 4.69) is 26.2 Å². The smallest absolute Gasteiger partial charge is 0.297 e. The third kappa shape index (κ3) is 2.96. The molecule has 0 unspecified atom stereocenters. The van der Waals surface area contributed by atoms with Crippen LogP contribution in [0.5, 0.6) is 0 Å². The largest absolute Gasteiger partial charge is 0.345 e. The molecule has 0 aliphatic carbocycles. The second-order valence-corrected chi connectivity index (χ2v) is 5.38. The summed E-state index contributed by atoms with van der Waals surface area (Å²) in [5, 5.41) is 12.1. The van der Waals surface area contributed by atoms with Crippen LogP contribution >= 0.6 is 27.3 Å². The van der Waals surface area contributed by atoms with E-state index in [0.717, 1.165) is 18.3 Å². The Balaban J connectivity index is 2.26. The average molecular weight is 364 g/mol. The number of amides is 1. The maximum Gasteiger partial charge on any atom is 0.345 e. The van der Waals surface area contributed by atoms with Crippen molar-refractivity contribution in [2.24, 2.45) is 0 Å². The number of hydrogen-bond donors (Lipinski definition) is 1. The van der Waals surface area contributed by atoms with Gasteiger partial charge in [-0.05, 0) is 23.5 Å². The summed E-state index contributed by atoms with van der Waals surface area (Å²) in [7, 11) is 0. The van der Waals surface area contributed by atoms with Crippen molar-refractivity contribution in [3.05, 3.63) is 50.1 Å². The highest BCUT2D eigenvalue weighted by Crippen LogP contribution is 2.26. The summed E-state index contributed by atoms with van der Waals surface area (Å²) in [6, 6.07) is 1.87. The fourth-order valence-electron chi connectivity index (χ4n) is 1.33. The van der Waals surface area contributed by atoms with Crippen molar-refractivity contribution in [2.75, 3.05) is 5.32 Å². The normalized spacial score (nSPS) is 10.3.